The van der Waals surface area contributed by atoms with E-state index in [-0.39, 0.29) is 12.0 Å². The summed E-state index contributed by atoms with van der Waals surface area (Å²) in [5.74, 6) is 0.145. The van der Waals surface area contributed by atoms with Gasteiger partial charge < -0.3 is 20.7 Å². The van der Waals surface area contributed by atoms with Crippen molar-refractivity contribution in [3.05, 3.63) is 29.8 Å². The van der Waals surface area contributed by atoms with Gasteiger partial charge in [0.05, 0.1) is 12.5 Å². The number of nitrogens with two attached hydrogens (primary N) is 1. The van der Waals surface area contributed by atoms with Crippen LogP contribution >= 0.6 is 0 Å². The summed E-state index contributed by atoms with van der Waals surface area (Å²) in [6.07, 6.45) is 2.15. The largest absolute Gasteiger partial charge is 0.382 e. The Hall–Kier alpha value is -1.59. The number of hydrogen-bond donors (Lipinski definition) is 2. The molecule has 1 fully saturated rings. The fourth-order valence-electron chi connectivity index (χ4n) is 2.83. The number of benzene rings is 1. The summed E-state index contributed by atoms with van der Waals surface area (Å²) in [4.78, 5) is 14.1. The summed E-state index contributed by atoms with van der Waals surface area (Å²) in [5.41, 5.74) is 7.99. The van der Waals surface area contributed by atoms with Crippen LogP contribution in [0.2, 0.25) is 0 Å². The first-order chi connectivity index (χ1) is 10.6. The van der Waals surface area contributed by atoms with Crippen LogP contribution in [-0.4, -0.2) is 49.7 Å². The fourth-order valence-corrected chi connectivity index (χ4v) is 2.83. The van der Waals surface area contributed by atoms with Gasteiger partial charge in [-0.15, -0.1) is 0 Å². The van der Waals surface area contributed by atoms with Crippen LogP contribution in [0.1, 0.15) is 24.8 Å². The first-order valence-electron chi connectivity index (χ1n) is 7.96. The fraction of sp³-hybridized carbons (Fsp3) is 0.588. The van der Waals surface area contributed by atoms with Crippen molar-refractivity contribution in [3.8, 4) is 0 Å². The lowest BCUT2D eigenvalue weighted by Crippen LogP contribution is -2.44. The number of carbonyl (C=O) groups is 1. The highest BCUT2D eigenvalue weighted by Gasteiger charge is 2.24. The molecule has 0 spiro atoms. The van der Waals surface area contributed by atoms with E-state index in [1.807, 2.05) is 4.90 Å². The summed E-state index contributed by atoms with van der Waals surface area (Å²) in [5, 5.41) is 3.56. The molecule has 1 amide bonds. The molecule has 1 heterocycles. The van der Waals surface area contributed by atoms with Gasteiger partial charge in [-0.05, 0) is 37.5 Å². The van der Waals surface area contributed by atoms with Crippen LogP contribution in [0.3, 0.4) is 0 Å². The number of piperidine rings is 1. The number of anilines is 1. The maximum atomic E-state index is 12.2. The number of carbonyl (C=O) groups excluding carboxylic acids is 1. The first kappa shape index (κ1) is 16.8. The van der Waals surface area contributed by atoms with Gasteiger partial charge in [0.25, 0.3) is 0 Å². The molecule has 22 heavy (non-hydrogen) atoms. The lowest BCUT2D eigenvalue weighted by Gasteiger charge is -2.33. The Morgan fingerprint density at radius 2 is 2.18 bits per heavy atom. The Morgan fingerprint density at radius 1 is 1.45 bits per heavy atom. The number of ether oxygens (including phenoxy) is 1. The highest BCUT2D eigenvalue weighted by Crippen LogP contribution is 2.18. The van der Waals surface area contributed by atoms with E-state index < -0.39 is 0 Å². The van der Waals surface area contributed by atoms with Crippen LogP contribution in [-0.2, 0) is 9.53 Å². The van der Waals surface area contributed by atoms with Gasteiger partial charge >= 0.3 is 0 Å². The van der Waals surface area contributed by atoms with E-state index in [9.17, 15) is 4.79 Å². The quantitative estimate of drug-likeness (QED) is 0.840. The molecule has 0 bridgehead atoms. The maximum Gasteiger partial charge on any atom is 0.225 e. The molecule has 0 aromatic heterocycles. The number of likely N-dealkylation sites (tertiary alicyclic amines) is 1. The topological polar surface area (TPSA) is 67.6 Å². The van der Waals surface area contributed by atoms with Gasteiger partial charge in [-0.1, -0.05) is 12.1 Å². The zero-order valence-electron chi connectivity index (χ0n) is 13.5. The Labute approximate surface area is 132 Å². The van der Waals surface area contributed by atoms with E-state index in [2.05, 4.69) is 36.5 Å². The van der Waals surface area contributed by atoms with Crippen LogP contribution < -0.4 is 11.1 Å². The van der Waals surface area contributed by atoms with E-state index in [4.69, 9.17) is 10.5 Å². The third kappa shape index (κ3) is 4.71. The van der Waals surface area contributed by atoms with Gasteiger partial charge in [-0.2, -0.15) is 0 Å². The monoisotopic (exact) mass is 305 g/mol. The zero-order valence-corrected chi connectivity index (χ0v) is 13.5. The van der Waals surface area contributed by atoms with Crippen molar-refractivity contribution in [2.75, 3.05) is 32.1 Å². The minimum Gasteiger partial charge on any atom is -0.382 e. The van der Waals surface area contributed by atoms with Gasteiger partial charge in [0.15, 0.2) is 0 Å². The molecular formula is C17H27N3O2. The molecule has 1 saturated heterocycles. The van der Waals surface area contributed by atoms with Crippen LogP contribution in [0.15, 0.2) is 24.3 Å². The highest BCUT2D eigenvalue weighted by molar-refractivity contribution is 5.76. The summed E-state index contributed by atoms with van der Waals surface area (Å²) in [6.45, 7) is 4.07. The molecule has 2 rings (SSSR count). The molecule has 5 nitrogen and oxygen atoms in total. The van der Waals surface area contributed by atoms with Gasteiger partial charge in [0.1, 0.15) is 0 Å². The lowest BCUT2D eigenvalue weighted by atomic mass is 10.0. The van der Waals surface area contributed by atoms with E-state index in [0.717, 1.165) is 31.6 Å². The van der Waals surface area contributed by atoms with Crippen molar-refractivity contribution in [3.63, 3.8) is 0 Å². The van der Waals surface area contributed by atoms with Crippen molar-refractivity contribution >= 4 is 11.6 Å². The number of rotatable bonds is 6. The Kier molecular flexibility index (Phi) is 6.21. The molecule has 122 valence electrons. The SMILES string of the molecule is COC(CN)CC(=O)N1CCC(Nc2cccc(C)c2)CC1. The molecule has 0 saturated carbocycles. The molecule has 0 radical (unpaired) electrons. The van der Waals surface area contributed by atoms with Crippen LogP contribution in [0.4, 0.5) is 5.69 Å². The van der Waals surface area contributed by atoms with Crippen molar-refractivity contribution < 1.29 is 9.53 Å². The first-order valence-corrected chi connectivity index (χ1v) is 7.96. The second-order valence-electron chi connectivity index (χ2n) is 5.97. The van der Waals surface area contributed by atoms with Crippen molar-refractivity contribution in [1.82, 2.24) is 4.90 Å². The molecule has 1 aromatic rings. The van der Waals surface area contributed by atoms with Crippen LogP contribution in [0, 0.1) is 6.92 Å². The number of nitrogens with zero attached hydrogens (tertiary/aromatic N) is 1. The average Bonchev–Trinajstić information content (AvgIpc) is 2.53. The van der Waals surface area contributed by atoms with Crippen molar-refractivity contribution in [1.29, 1.82) is 0 Å². The lowest BCUT2D eigenvalue weighted by molar-refractivity contribution is -0.134. The van der Waals surface area contributed by atoms with Gasteiger partial charge in [0.2, 0.25) is 5.91 Å². The highest BCUT2D eigenvalue weighted by atomic mass is 16.5. The molecule has 1 unspecified atom stereocenters. The Bertz CT molecular complexity index is 481. The van der Waals surface area contributed by atoms with E-state index >= 15 is 0 Å². The average molecular weight is 305 g/mol. The Morgan fingerprint density at radius 3 is 2.77 bits per heavy atom. The van der Waals surface area contributed by atoms with E-state index in [1.54, 1.807) is 7.11 Å². The molecule has 0 aliphatic carbocycles. The predicted octanol–water partition coefficient (Wildman–Crippen LogP) is 1.76. The second kappa shape index (κ2) is 8.15. The maximum absolute atomic E-state index is 12.2. The summed E-state index contributed by atoms with van der Waals surface area (Å²) in [6, 6.07) is 8.83. The minimum atomic E-state index is -0.171. The molecule has 1 aliphatic heterocycles. The van der Waals surface area contributed by atoms with Crippen LogP contribution in [0.25, 0.3) is 0 Å². The standard InChI is InChI=1S/C17H27N3O2/c1-13-4-3-5-15(10-13)19-14-6-8-20(9-7-14)17(21)11-16(12-18)22-2/h3-5,10,14,16,19H,6-9,11-12,18H2,1-2H3. The number of hydrogen-bond acceptors (Lipinski definition) is 4. The molecule has 1 atom stereocenters. The molecule has 3 N–H and O–H groups in total. The van der Waals surface area contributed by atoms with Gasteiger partial charge in [0, 0.05) is 38.5 Å². The number of nitrogens with one attached hydrogen (secondary N) is 1. The molecule has 1 aliphatic rings. The number of methoxy groups -OCH3 is 1. The number of aryl methyl sites for hydroxylation is 1. The van der Waals surface area contributed by atoms with Crippen LogP contribution in [0.5, 0.6) is 0 Å². The van der Waals surface area contributed by atoms with Gasteiger partial charge in [-0.25, -0.2) is 0 Å². The normalized spacial score (nSPS) is 17.3. The third-order valence-electron chi connectivity index (χ3n) is 4.24. The summed E-state index contributed by atoms with van der Waals surface area (Å²) in [7, 11) is 1.60. The third-order valence-corrected chi connectivity index (χ3v) is 4.24. The van der Waals surface area contributed by atoms with E-state index in [1.165, 1.54) is 5.56 Å². The number of amides is 1. The van der Waals surface area contributed by atoms with Crippen molar-refractivity contribution in [2.24, 2.45) is 5.73 Å². The minimum absolute atomic E-state index is 0.145. The summed E-state index contributed by atoms with van der Waals surface area (Å²) < 4.78 is 5.19. The molecule has 5 heteroatoms. The van der Waals surface area contributed by atoms with E-state index in [0.29, 0.717) is 19.0 Å². The molecule has 1 aromatic carbocycles. The zero-order chi connectivity index (χ0) is 15.9. The summed E-state index contributed by atoms with van der Waals surface area (Å²) >= 11 is 0. The second-order valence-corrected chi connectivity index (χ2v) is 5.97. The smallest absolute Gasteiger partial charge is 0.225 e. The van der Waals surface area contributed by atoms with Gasteiger partial charge in [-0.3, -0.25) is 4.79 Å². The van der Waals surface area contributed by atoms with Crippen molar-refractivity contribution in [2.45, 2.75) is 38.3 Å². The Balaban J connectivity index is 1.79. The predicted molar refractivity (Wildman–Crippen MR) is 88.9 cm³/mol. The molecular weight excluding hydrogens is 278 g/mol.